The van der Waals surface area contributed by atoms with Crippen LogP contribution in [-0.2, 0) is 17.9 Å². The highest BCUT2D eigenvalue weighted by atomic mass is 16.2. The number of amides is 1. The number of carbonyl (C=O) groups excluding carboxylic acids is 1. The minimum absolute atomic E-state index is 0.139. The molecular weight excluding hydrogens is 378 g/mol. The van der Waals surface area contributed by atoms with Gasteiger partial charge in [0.15, 0.2) is 0 Å². The standard InChI is InChI=1S/C24H23N3O3/c1-3-25(19-14-13-17-9-5-6-10-18(17)15-19)22(28)16-27-21-12-8-7-11-20(21)23(29)26(4-2)24(27)30/h5-15H,3-4,16H2,1-2H3. The molecule has 1 heterocycles. The van der Waals surface area contributed by atoms with Gasteiger partial charge in [0.2, 0.25) is 5.91 Å². The lowest BCUT2D eigenvalue weighted by molar-refractivity contribution is -0.119. The van der Waals surface area contributed by atoms with E-state index in [4.69, 9.17) is 0 Å². The lowest BCUT2D eigenvalue weighted by atomic mass is 10.1. The van der Waals surface area contributed by atoms with Gasteiger partial charge in [-0.2, -0.15) is 0 Å². The van der Waals surface area contributed by atoms with Crippen LogP contribution in [0, 0.1) is 0 Å². The van der Waals surface area contributed by atoms with Crippen molar-refractivity contribution >= 4 is 33.3 Å². The average molecular weight is 401 g/mol. The average Bonchev–Trinajstić information content (AvgIpc) is 2.77. The predicted octanol–water partition coefficient (Wildman–Crippen LogP) is 3.39. The summed E-state index contributed by atoms with van der Waals surface area (Å²) in [6, 6.07) is 20.8. The van der Waals surface area contributed by atoms with Gasteiger partial charge in [0, 0.05) is 18.8 Å². The molecule has 0 saturated carbocycles. The van der Waals surface area contributed by atoms with Crippen molar-refractivity contribution in [2.24, 2.45) is 0 Å². The van der Waals surface area contributed by atoms with Crippen molar-refractivity contribution in [3.8, 4) is 0 Å². The summed E-state index contributed by atoms with van der Waals surface area (Å²) in [6.45, 7) is 4.23. The predicted molar refractivity (Wildman–Crippen MR) is 120 cm³/mol. The van der Waals surface area contributed by atoms with E-state index < -0.39 is 5.69 Å². The van der Waals surface area contributed by atoms with E-state index >= 15 is 0 Å². The number of para-hydroxylation sites is 1. The van der Waals surface area contributed by atoms with E-state index in [9.17, 15) is 14.4 Å². The smallest absolute Gasteiger partial charge is 0.311 e. The summed E-state index contributed by atoms with van der Waals surface area (Å²) in [6.07, 6.45) is 0. The van der Waals surface area contributed by atoms with Crippen molar-refractivity contribution in [2.45, 2.75) is 26.9 Å². The number of likely N-dealkylation sites (N-methyl/N-ethyl adjacent to an activating group) is 1. The lowest BCUT2D eigenvalue weighted by Crippen LogP contribution is -2.43. The van der Waals surface area contributed by atoms with Crippen molar-refractivity contribution in [3.63, 3.8) is 0 Å². The highest BCUT2D eigenvalue weighted by Gasteiger charge is 2.19. The van der Waals surface area contributed by atoms with Crippen LogP contribution in [0.25, 0.3) is 21.7 Å². The van der Waals surface area contributed by atoms with E-state index in [0.29, 0.717) is 17.4 Å². The van der Waals surface area contributed by atoms with E-state index in [-0.39, 0.29) is 24.6 Å². The van der Waals surface area contributed by atoms with Crippen molar-refractivity contribution in [1.82, 2.24) is 9.13 Å². The molecule has 0 spiro atoms. The number of carbonyl (C=O) groups is 1. The van der Waals surface area contributed by atoms with Crippen LogP contribution in [0.2, 0.25) is 0 Å². The zero-order valence-electron chi connectivity index (χ0n) is 17.0. The molecule has 1 amide bonds. The fourth-order valence-corrected chi connectivity index (χ4v) is 3.87. The van der Waals surface area contributed by atoms with Crippen molar-refractivity contribution in [3.05, 3.63) is 87.6 Å². The molecule has 0 fully saturated rings. The third kappa shape index (κ3) is 3.30. The van der Waals surface area contributed by atoms with Gasteiger partial charge in [0.25, 0.3) is 5.56 Å². The van der Waals surface area contributed by atoms with Crippen LogP contribution in [0.5, 0.6) is 0 Å². The number of benzene rings is 3. The molecule has 0 unspecified atom stereocenters. The molecule has 0 N–H and O–H groups in total. The maximum atomic E-state index is 13.2. The minimum Gasteiger partial charge on any atom is -0.311 e. The molecule has 6 heteroatoms. The summed E-state index contributed by atoms with van der Waals surface area (Å²) >= 11 is 0. The van der Waals surface area contributed by atoms with E-state index in [1.165, 1.54) is 9.13 Å². The van der Waals surface area contributed by atoms with Gasteiger partial charge in [-0.05, 0) is 48.9 Å². The number of anilines is 1. The Morgan fingerprint density at radius 3 is 2.30 bits per heavy atom. The van der Waals surface area contributed by atoms with Crippen molar-refractivity contribution < 1.29 is 4.79 Å². The van der Waals surface area contributed by atoms with Gasteiger partial charge < -0.3 is 4.90 Å². The first-order chi connectivity index (χ1) is 14.5. The summed E-state index contributed by atoms with van der Waals surface area (Å²) in [4.78, 5) is 40.5. The Bertz CT molecular complexity index is 1370. The summed E-state index contributed by atoms with van der Waals surface area (Å²) in [5.41, 5.74) is 0.454. The number of hydrogen-bond donors (Lipinski definition) is 0. The molecule has 3 aromatic carbocycles. The molecule has 30 heavy (non-hydrogen) atoms. The lowest BCUT2D eigenvalue weighted by Gasteiger charge is -2.23. The summed E-state index contributed by atoms with van der Waals surface area (Å²) in [5, 5.41) is 2.57. The number of aromatic nitrogens is 2. The van der Waals surface area contributed by atoms with E-state index in [1.807, 2.05) is 49.4 Å². The largest absolute Gasteiger partial charge is 0.331 e. The summed E-state index contributed by atoms with van der Waals surface area (Å²) in [7, 11) is 0. The Hall–Kier alpha value is -3.67. The molecule has 0 atom stereocenters. The first-order valence-corrected chi connectivity index (χ1v) is 10.1. The molecule has 4 aromatic rings. The minimum atomic E-state index is -0.468. The zero-order valence-corrected chi connectivity index (χ0v) is 17.0. The zero-order chi connectivity index (χ0) is 21.3. The Morgan fingerprint density at radius 1 is 0.867 bits per heavy atom. The van der Waals surface area contributed by atoms with Gasteiger partial charge >= 0.3 is 5.69 Å². The van der Waals surface area contributed by atoms with Crippen LogP contribution in [0.15, 0.2) is 76.3 Å². The highest BCUT2D eigenvalue weighted by molar-refractivity contribution is 5.96. The first-order valence-electron chi connectivity index (χ1n) is 10.1. The van der Waals surface area contributed by atoms with Crippen LogP contribution < -0.4 is 16.1 Å². The molecule has 0 aliphatic heterocycles. The second kappa shape index (κ2) is 7.99. The fraction of sp³-hybridized carbons (Fsp3) is 0.208. The molecule has 0 radical (unpaired) electrons. The first kappa shape index (κ1) is 19.6. The van der Waals surface area contributed by atoms with Crippen LogP contribution in [0.1, 0.15) is 13.8 Å². The van der Waals surface area contributed by atoms with Crippen LogP contribution in [0.3, 0.4) is 0 Å². The van der Waals surface area contributed by atoms with E-state index in [2.05, 4.69) is 0 Å². The molecular formula is C24H23N3O3. The molecule has 4 rings (SSSR count). The third-order valence-corrected chi connectivity index (χ3v) is 5.40. The van der Waals surface area contributed by atoms with E-state index in [1.54, 1.807) is 36.1 Å². The van der Waals surface area contributed by atoms with Gasteiger partial charge in [-0.15, -0.1) is 0 Å². The molecule has 152 valence electrons. The van der Waals surface area contributed by atoms with Crippen LogP contribution in [0.4, 0.5) is 5.69 Å². The number of fused-ring (bicyclic) bond motifs is 2. The van der Waals surface area contributed by atoms with Crippen molar-refractivity contribution in [1.29, 1.82) is 0 Å². The van der Waals surface area contributed by atoms with Gasteiger partial charge in [-0.3, -0.25) is 18.7 Å². The SMILES string of the molecule is CCN(C(=O)Cn1c(=O)n(CC)c(=O)c2ccccc21)c1ccc2ccccc2c1. The molecule has 0 bridgehead atoms. The quantitative estimate of drug-likeness (QED) is 0.515. The molecule has 0 aliphatic carbocycles. The molecule has 1 aromatic heterocycles. The Kier molecular flexibility index (Phi) is 5.23. The van der Waals surface area contributed by atoms with E-state index in [0.717, 1.165) is 16.5 Å². The normalized spacial score (nSPS) is 11.1. The topological polar surface area (TPSA) is 64.3 Å². The molecule has 0 aliphatic rings. The van der Waals surface area contributed by atoms with Crippen LogP contribution in [-0.4, -0.2) is 21.6 Å². The monoisotopic (exact) mass is 401 g/mol. The number of rotatable bonds is 5. The maximum Gasteiger partial charge on any atom is 0.331 e. The number of hydrogen-bond acceptors (Lipinski definition) is 3. The second-order valence-corrected chi connectivity index (χ2v) is 7.10. The van der Waals surface area contributed by atoms with Gasteiger partial charge in [-0.25, -0.2) is 4.79 Å². The van der Waals surface area contributed by atoms with Gasteiger partial charge in [0.05, 0.1) is 10.9 Å². The van der Waals surface area contributed by atoms with Gasteiger partial charge in [0.1, 0.15) is 6.54 Å². The fourth-order valence-electron chi connectivity index (χ4n) is 3.87. The van der Waals surface area contributed by atoms with Gasteiger partial charge in [-0.1, -0.05) is 42.5 Å². The number of nitrogens with zero attached hydrogens (tertiary/aromatic N) is 3. The Balaban J connectivity index is 1.78. The maximum absolute atomic E-state index is 13.2. The highest BCUT2D eigenvalue weighted by Crippen LogP contribution is 2.22. The molecule has 0 saturated heterocycles. The third-order valence-electron chi connectivity index (χ3n) is 5.40. The Morgan fingerprint density at radius 2 is 1.57 bits per heavy atom. The summed E-state index contributed by atoms with van der Waals surface area (Å²) in [5.74, 6) is -0.207. The van der Waals surface area contributed by atoms with Crippen molar-refractivity contribution in [2.75, 3.05) is 11.4 Å². The van der Waals surface area contributed by atoms with Crippen LogP contribution >= 0.6 is 0 Å². The second-order valence-electron chi connectivity index (χ2n) is 7.10. The summed E-state index contributed by atoms with van der Waals surface area (Å²) < 4.78 is 2.56. The molecule has 6 nitrogen and oxygen atoms in total. The Labute approximate surface area is 173 Å².